The molecule has 0 saturated carbocycles. The lowest BCUT2D eigenvalue weighted by Gasteiger charge is -2.38. The number of carbonyl (C=O) groups excluding carboxylic acids is 1. The normalized spacial score (nSPS) is 18.7. The summed E-state index contributed by atoms with van der Waals surface area (Å²) in [4.78, 5) is 24.0. The molecule has 10 heteroatoms. The molecule has 0 unspecified atom stereocenters. The average molecular weight is 449 g/mol. The topological polar surface area (TPSA) is 114 Å². The number of hydrogen-bond donors (Lipinski definition) is 3. The van der Waals surface area contributed by atoms with Crippen LogP contribution in [0.15, 0.2) is 36.7 Å². The number of amides is 1. The summed E-state index contributed by atoms with van der Waals surface area (Å²) in [6.45, 7) is 5.91. The number of benzene rings is 2. The van der Waals surface area contributed by atoms with Crippen LogP contribution < -0.4 is 21.3 Å². The minimum absolute atomic E-state index is 0.0820. The largest absolute Gasteiger partial charge is 0.368 e. The van der Waals surface area contributed by atoms with Crippen LogP contribution in [0.4, 0.5) is 21.7 Å². The van der Waals surface area contributed by atoms with E-state index in [0.29, 0.717) is 34.2 Å². The third-order valence-electron chi connectivity index (χ3n) is 5.82. The van der Waals surface area contributed by atoms with Crippen molar-refractivity contribution in [1.29, 1.82) is 0 Å². The number of piperazine rings is 1. The summed E-state index contributed by atoms with van der Waals surface area (Å²) < 4.78 is 16.0. The SMILES string of the molecule is C[C@H]1CN(c2ccc(C(=O)Nc3cc(F)c4nn(C)cc4c3)c3nc(N)ncc23)C[C@H](C)N1. The Morgan fingerprint density at radius 3 is 2.73 bits per heavy atom. The molecule has 1 fully saturated rings. The number of rotatable bonds is 3. The Morgan fingerprint density at radius 1 is 1.21 bits per heavy atom. The minimum Gasteiger partial charge on any atom is -0.368 e. The van der Waals surface area contributed by atoms with Crippen LogP contribution in [0.3, 0.4) is 0 Å². The predicted molar refractivity (Wildman–Crippen MR) is 127 cm³/mol. The lowest BCUT2D eigenvalue weighted by molar-refractivity contribution is 0.102. The standard InChI is InChI=1S/C23H25FN8O/c1-12-9-32(10-13(2)27-12)19-5-4-16(21-17(19)8-26-23(25)29-21)22(33)28-15-6-14-11-31(3)30-20(14)18(24)7-15/h4-8,11-13,27H,9-10H2,1-3H3,(H,28,33)(H2,25,26,29)/t12-,13-/m0/s1. The molecule has 1 aliphatic heterocycles. The number of hydrogen-bond acceptors (Lipinski definition) is 7. The molecule has 0 spiro atoms. The molecule has 0 bridgehead atoms. The number of aryl methyl sites for hydroxylation is 1. The van der Waals surface area contributed by atoms with Crippen molar-refractivity contribution in [2.24, 2.45) is 7.05 Å². The van der Waals surface area contributed by atoms with Crippen LogP contribution in [0, 0.1) is 5.82 Å². The molecular formula is C23H25FN8O. The molecular weight excluding hydrogens is 423 g/mol. The van der Waals surface area contributed by atoms with E-state index in [4.69, 9.17) is 5.73 Å². The van der Waals surface area contributed by atoms with Gasteiger partial charge in [-0.25, -0.2) is 14.4 Å². The quantitative estimate of drug-likeness (QED) is 0.441. The zero-order valence-corrected chi connectivity index (χ0v) is 18.6. The van der Waals surface area contributed by atoms with Crippen LogP contribution in [0.1, 0.15) is 24.2 Å². The Labute approximate surface area is 189 Å². The molecule has 4 aromatic rings. The number of nitrogens with one attached hydrogen (secondary N) is 2. The van der Waals surface area contributed by atoms with Crippen molar-refractivity contribution in [1.82, 2.24) is 25.1 Å². The fourth-order valence-corrected chi connectivity index (χ4v) is 4.58. The molecule has 2 aromatic heterocycles. The number of carbonyl (C=O) groups is 1. The summed E-state index contributed by atoms with van der Waals surface area (Å²) >= 11 is 0. The molecule has 170 valence electrons. The van der Waals surface area contributed by atoms with Gasteiger partial charge in [-0.05, 0) is 38.1 Å². The van der Waals surface area contributed by atoms with Gasteiger partial charge in [0.2, 0.25) is 5.95 Å². The molecule has 1 amide bonds. The van der Waals surface area contributed by atoms with Gasteiger partial charge in [0, 0.05) is 66.8 Å². The van der Waals surface area contributed by atoms with Crippen molar-refractivity contribution in [3.63, 3.8) is 0 Å². The monoisotopic (exact) mass is 448 g/mol. The van der Waals surface area contributed by atoms with Gasteiger partial charge in [0.05, 0.1) is 11.1 Å². The third-order valence-corrected chi connectivity index (χ3v) is 5.82. The number of anilines is 3. The number of nitrogens with zero attached hydrogens (tertiary/aromatic N) is 5. The van der Waals surface area contributed by atoms with Gasteiger partial charge in [0.15, 0.2) is 5.82 Å². The smallest absolute Gasteiger partial charge is 0.257 e. The average Bonchev–Trinajstić information content (AvgIpc) is 3.12. The van der Waals surface area contributed by atoms with Crippen molar-refractivity contribution in [3.8, 4) is 0 Å². The van der Waals surface area contributed by atoms with Gasteiger partial charge in [-0.15, -0.1) is 0 Å². The summed E-state index contributed by atoms with van der Waals surface area (Å²) in [7, 11) is 1.72. The molecule has 0 radical (unpaired) electrons. The molecule has 5 rings (SSSR count). The van der Waals surface area contributed by atoms with Crippen molar-refractivity contribution in [2.45, 2.75) is 25.9 Å². The van der Waals surface area contributed by atoms with E-state index in [9.17, 15) is 9.18 Å². The molecule has 0 aliphatic carbocycles. The van der Waals surface area contributed by atoms with Gasteiger partial charge < -0.3 is 21.3 Å². The molecule has 1 aliphatic rings. The van der Waals surface area contributed by atoms with Crippen molar-refractivity contribution < 1.29 is 9.18 Å². The van der Waals surface area contributed by atoms with Gasteiger partial charge in [-0.2, -0.15) is 5.10 Å². The van der Waals surface area contributed by atoms with Crippen LogP contribution >= 0.6 is 0 Å². The van der Waals surface area contributed by atoms with Crippen LogP contribution in [-0.2, 0) is 7.05 Å². The molecule has 9 nitrogen and oxygen atoms in total. The fraction of sp³-hybridized carbons (Fsp3) is 0.304. The first-order valence-corrected chi connectivity index (χ1v) is 10.8. The number of fused-ring (bicyclic) bond motifs is 2. The predicted octanol–water partition coefficient (Wildman–Crippen LogP) is 2.68. The molecule has 3 heterocycles. The van der Waals surface area contributed by atoms with E-state index in [1.54, 1.807) is 31.6 Å². The van der Waals surface area contributed by atoms with Crippen molar-refractivity contribution >= 4 is 45.0 Å². The number of nitrogens with two attached hydrogens (primary N) is 1. The fourth-order valence-electron chi connectivity index (χ4n) is 4.58. The van der Waals surface area contributed by atoms with E-state index in [1.807, 2.05) is 6.07 Å². The van der Waals surface area contributed by atoms with Gasteiger partial charge in [0.1, 0.15) is 5.52 Å². The van der Waals surface area contributed by atoms with Crippen LogP contribution in [0.2, 0.25) is 0 Å². The minimum atomic E-state index is -0.503. The van der Waals surface area contributed by atoms with E-state index >= 15 is 0 Å². The summed E-state index contributed by atoms with van der Waals surface area (Å²) in [6, 6.07) is 7.23. The Balaban J connectivity index is 1.53. The number of halogens is 1. The van der Waals surface area contributed by atoms with E-state index < -0.39 is 11.7 Å². The maximum absolute atomic E-state index is 14.5. The molecule has 33 heavy (non-hydrogen) atoms. The number of aromatic nitrogens is 4. The zero-order chi connectivity index (χ0) is 23.3. The van der Waals surface area contributed by atoms with Gasteiger partial charge in [-0.1, -0.05) is 0 Å². The van der Waals surface area contributed by atoms with E-state index in [-0.39, 0.29) is 11.5 Å². The first-order chi connectivity index (χ1) is 15.8. The van der Waals surface area contributed by atoms with E-state index in [1.165, 1.54) is 10.7 Å². The third kappa shape index (κ3) is 3.93. The summed E-state index contributed by atoms with van der Waals surface area (Å²) in [5, 5.41) is 11.7. The second-order valence-corrected chi connectivity index (χ2v) is 8.65. The Bertz CT molecular complexity index is 1370. The lowest BCUT2D eigenvalue weighted by Crippen LogP contribution is -2.54. The lowest BCUT2D eigenvalue weighted by atomic mass is 10.0. The maximum Gasteiger partial charge on any atom is 0.257 e. The highest BCUT2D eigenvalue weighted by atomic mass is 19.1. The Morgan fingerprint density at radius 2 is 1.97 bits per heavy atom. The van der Waals surface area contributed by atoms with Crippen molar-refractivity contribution in [2.75, 3.05) is 29.0 Å². The first kappa shape index (κ1) is 21.1. The van der Waals surface area contributed by atoms with Gasteiger partial charge in [0.25, 0.3) is 5.91 Å². The highest BCUT2D eigenvalue weighted by Gasteiger charge is 2.24. The Kier molecular flexibility index (Phi) is 5.09. The number of nitrogen functional groups attached to an aromatic ring is 1. The summed E-state index contributed by atoms with van der Waals surface area (Å²) in [5.74, 6) is -0.829. The van der Waals surface area contributed by atoms with Crippen LogP contribution in [0.25, 0.3) is 21.8 Å². The highest BCUT2D eigenvalue weighted by Crippen LogP contribution is 2.31. The second kappa shape index (κ2) is 7.96. The molecule has 2 aromatic carbocycles. The molecule has 4 N–H and O–H groups in total. The maximum atomic E-state index is 14.5. The van der Waals surface area contributed by atoms with E-state index in [0.717, 1.165) is 24.2 Å². The summed E-state index contributed by atoms with van der Waals surface area (Å²) in [6.07, 6.45) is 3.35. The molecule has 2 atom stereocenters. The molecule has 1 saturated heterocycles. The second-order valence-electron chi connectivity index (χ2n) is 8.65. The first-order valence-electron chi connectivity index (χ1n) is 10.8. The highest BCUT2D eigenvalue weighted by molar-refractivity contribution is 6.14. The van der Waals surface area contributed by atoms with Gasteiger partial charge in [-0.3, -0.25) is 9.48 Å². The van der Waals surface area contributed by atoms with Crippen molar-refractivity contribution in [3.05, 3.63) is 48.0 Å². The van der Waals surface area contributed by atoms with Gasteiger partial charge >= 0.3 is 0 Å². The summed E-state index contributed by atoms with van der Waals surface area (Å²) in [5.41, 5.74) is 8.20. The van der Waals surface area contributed by atoms with Crippen LogP contribution in [-0.4, -0.2) is 50.8 Å². The van der Waals surface area contributed by atoms with E-state index in [2.05, 4.69) is 44.4 Å². The Hall–Kier alpha value is -3.79. The van der Waals surface area contributed by atoms with Crippen LogP contribution in [0.5, 0.6) is 0 Å². The zero-order valence-electron chi connectivity index (χ0n) is 18.6.